The summed E-state index contributed by atoms with van der Waals surface area (Å²) in [6.45, 7) is 2.30. The summed E-state index contributed by atoms with van der Waals surface area (Å²) in [7, 11) is 0. The normalized spacial score (nSPS) is 10.7. The highest BCUT2D eigenvalue weighted by Gasteiger charge is 2.05. The minimum Gasteiger partial charge on any atom is -0.489 e. The lowest BCUT2D eigenvalue weighted by atomic mass is 10.1. The summed E-state index contributed by atoms with van der Waals surface area (Å²) >= 11 is 0. The molecule has 100 valence electrons. The first kappa shape index (κ1) is 12.6. The van der Waals surface area contributed by atoms with E-state index < -0.39 is 0 Å². The minimum absolute atomic E-state index is 0.287. The molecule has 0 spiro atoms. The van der Waals surface area contributed by atoms with E-state index in [1.165, 1.54) is 12.1 Å². The average molecular weight is 267 g/mol. The molecule has 0 amide bonds. The number of fused-ring (bicyclic) bond motifs is 1. The zero-order chi connectivity index (χ0) is 13.9. The fourth-order valence-electron chi connectivity index (χ4n) is 2.17. The van der Waals surface area contributed by atoms with Gasteiger partial charge in [-0.15, -0.1) is 0 Å². The van der Waals surface area contributed by atoms with Crippen LogP contribution in [0.2, 0.25) is 0 Å². The van der Waals surface area contributed by atoms with Crippen molar-refractivity contribution >= 4 is 10.9 Å². The average Bonchev–Trinajstić information content (AvgIpc) is 2.48. The summed E-state index contributed by atoms with van der Waals surface area (Å²) in [5, 5.41) is 1.06. The first-order chi connectivity index (χ1) is 9.74. The van der Waals surface area contributed by atoms with Gasteiger partial charge in [-0.1, -0.05) is 24.3 Å². The number of hydrogen-bond donors (Lipinski definition) is 0. The molecule has 0 aliphatic rings. The lowest BCUT2D eigenvalue weighted by Crippen LogP contribution is -1.99. The number of aromatic nitrogens is 1. The van der Waals surface area contributed by atoms with E-state index in [9.17, 15) is 4.39 Å². The molecule has 0 N–H and O–H groups in total. The maximum atomic E-state index is 13.2. The molecule has 0 bridgehead atoms. The van der Waals surface area contributed by atoms with Crippen molar-refractivity contribution < 1.29 is 9.13 Å². The van der Waals surface area contributed by atoms with Gasteiger partial charge in [0.1, 0.15) is 18.2 Å². The standard InChI is InChI=1S/C17H14FNO/c1-12-6-7-14(18)10-17(12)20-11-13-8-9-19-16-5-3-2-4-15(13)16/h2-10H,11H2,1H3. The molecule has 2 nitrogen and oxygen atoms in total. The number of para-hydroxylation sites is 1. The van der Waals surface area contributed by atoms with Gasteiger partial charge in [0, 0.05) is 23.2 Å². The highest BCUT2D eigenvalue weighted by Crippen LogP contribution is 2.22. The lowest BCUT2D eigenvalue weighted by Gasteiger charge is -2.10. The van der Waals surface area contributed by atoms with Gasteiger partial charge in [0.15, 0.2) is 0 Å². The van der Waals surface area contributed by atoms with E-state index in [-0.39, 0.29) is 5.82 Å². The third kappa shape index (κ3) is 2.48. The van der Waals surface area contributed by atoms with Crippen molar-refractivity contribution in [3.05, 3.63) is 71.7 Å². The molecule has 2 aromatic carbocycles. The van der Waals surface area contributed by atoms with Gasteiger partial charge >= 0.3 is 0 Å². The van der Waals surface area contributed by atoms with Crippen molar-refractivity contribution in [3.8, 4) is 5.75 Å². The molecule has 0 fully saturated rings. The highest BCUT2D eigenvalue weighted by molar-refractivity contribution is 5.81. The molecular formula is C17H14FNO. The second-order valence-corrected chi connectivity index (χ2v) is 4.69. The molecule has 20 heavy (non-hydrogen) atoms. The monoisotopic (exact) mass is 267 g/mol. The zero-order valence-electron chi connectivity index (χ0n) is 11.1. The van der Waals surface area contributed by atoms with Gasteiger partial charge in [0.2, 0.25) is 0 Å². The van der Waals surface area contributed by atoms with E-state index in [2.05, 4.69) is 4.98 Å². The maximum Gasteiger partial charge on any atom is 0.126 e. The lowest BCUT2D eigenvalue weighted by molar-refractivity contribution is 0.304. The Balaban J connectivity index is 1.89. The summed E-state index contributed by atoms with van der Waals surface area (Å²) in [5.41, 5.74) is 2.90. The number of halogens is 1. The van der Waals surface area contributed by atoms with Crippen LogP contribution in [0, 0.1) is 12.7 Å². The van der Waals surface area contributed by atoms with Gasteiger partial charge in [-0.2, -0.15) is 0 Å². The predicted octanol–water partition coefficient (Wildman–Crippen LogP) is 4.26. The maximum absolute atomic E-state index is 13.2. The van der Waals surface area contributed by atoms with Crippen LogP contribution < -0.4 is 4.74 Å². The van der Waals surface area contributed by atoms with Gasteiger partial charge in [-0.25, -0.2) is 4.39 Å². The van der Waals surface area contributed by atoms with Crippen molar-refractivity contribution in [1.29, 1.82) is 0 Å². The Morgan fingerprint density at radius 3 is 2.85 bits per heavy atom. The highest BCUT2D eigenvalue weighted by atomic mass is 19.1. The van der Waals surface area contributed by atoms with Gasteiger partial charge in [0.25, 0.3) is 0 Å². The second-order valence-electron chi connectivity index (χ2n) is 4.69. The van der Waals surface area contributed by atoms with Crippen LogP contribution in [0.15, 0.2) is 54.7 Å². The van der Waals surface area contributed by atoms with Gasteiger partial charge in [-0.05, 0) is 30.7 Å². The van der Waals surface area contributed by atoms with Crippen molar-refractivity contribution in [2.75, 3.05) is 0 Å². The van der Waals surface area contributed by atoms with Crippen molar-refractivity contribution in [2.45, 2.75) is 13.5 Å². The number of aryl methyl sites for hydroxylation is 1. The number of hydrogen-bond acceptors (Lipinski definition) is 2. The molecule has 1 heterocycles. The topological polar surface area (TPSA) is 22.1 Å². The van der Waals surface area contributed by atoms with Crippen LogP contribution in [-0.2, 0) is 6.61 Å². The Kier molecular flexibility index (Phi) is 3.33. The van der Waals surface area contributed by atoms with Crippen LogP contribution in [0.5, 0.6) is 5.75 Å². The Hall–Kier alpha value is -2.42. The molecule has 3 rings (SSSR count). The third-order valence-electron chi connectivity index (χ3n) is 3.27. The second kappa shape index (κ2) is 5.29. The van der Waals surface area contributed by atoms with Crippen LogP contribution in [0.4, 0.5) is 4.39 Å². The van der Waals surface area contributed by atoms with E-state index in [4.69, 9.17) is 4.74 Å². The molecule has 0 aliphatic carbocycles. The molecule has 0 aliphatic heterocycles. The van der Waals surface area contributed by atoms with E-state index >= 15 is 0 Å². The minimum atomic E-state index is -0.287. The number of ether oxygens (including phenoxy) is 1. The molecular weight excluding hydrogens is 253 g/mol. The number of benzene rings is 2. The van der Waals surface area contributed by atoms with Crippen molar-refractivity contribution in [2.24, 2.45) is 0 Å². The number of rotatable bonds is 3. The SMILES string of the molecule is Cc1ccc(F)cc1OCc1ccnc2ccccc12. The van der Waals surface area contributed by atoms with E-state index in [1.807, 2.05) is 37.3 Å². The third-order valence-corrected chi connectivity index (χ3v) is 3.27. The summed E-state index contributed by atoms with van der Waals surface area (Å²) in [4.78, 5) is 4.31. The molecule has 3 heteroatoms. The Morgan fingerprint density at radius 2 is 1.95 bits per heavy atom. The van der Waals surface area contributed by atoms with Crippen molar-refractivity contribution in [3.63, 3.8) is 0 Å². The molecule has 0 saturated carbocycles. The molecule has 0 saturated heterocycles. The smallest absolute Gasteiger partial charge is 0.126 e. The van der Waals surface area contributed by atoms with Gasteiger partial charge in [-0.3, -0.25) is 4.98 Å². The molecule has 3 aromatic rings. The quantitative estimate of drug-likeness (QED) is 0.707. The van der Waals surface area contributed by atoms with E-state index in [0.29, 0.717) is 12.4 Å². The Labute approximate surface area is 116 Å². The predicted molar refractivity (Wildman–Crippen MR) is 77.2 cm³/mol. The fraction of sp³-hybridized carbons (Fsp3) is 0.118. The van der Waals surface area contributed by atoms with Gasteiger partial charge in [0.05, 0.1) is 5.52 Å². The zero-order valence-corrected chi connectivity index (χ0v) is 11.1. The summed E-state index contributed by atoms with van der Waals surface area (Å²) in [6.07, 6.45) is 1.76. The van der Waals surface area contributed by atoms with E-state index in [0.717, 1.165) is 22.0 Å². The number of pyridine rings is 1. The summed E-state index contributed by atoms with van der Waals surface area (Å²) in [5.74, 6) is 0.288. The van der Waals surface area contributed by atoms with E-state index in [1.54, 1.807) is 12.3 Å². The van der Waals surface area contributed by atoms with Crippen LogP contribution in [-0.4, -0.2) is 4.98 Å². The Morgan fingerprint density at radius 1 is 1.10 bits per heavy atom. The van der Waals surface area contributed by atoms with Crippen LogP contribution in [0.3, 0.4) is 0 Å². The molecule has 0 unspecified atom stereocenters. The molecule has 0 radical (unpaired) electrons. The van der Waals surface area contributed by atoms with Crippen LogP contribution in [0.25, 0.3) is 10.9 Å². The van der Waals surface area contributed by atoms with Crippen LogP contribution >= 0.6 is 0 Å². The molecule has 0 atom stereocenters. The summed E-state index contributed by atoms with van der Waals surface area (Å²) in [6, 6.07) is 14.4. The summed E-state index contributed by atoms with van der Waals surface area (Å²) < 4.78 is 19.0. The fourth-order valence-corrected chi connectivity index (χ4v) is 2.17. The Bertz CT molecular complexity index is 750. The number of nitrogens with zero attached hydrogens (tertiary/aromatic N) is 1. The van der Waals surface area contributed by atoms with Crippen molar-refractivity contribution in [1.82, 2.24) is 4.98 Å². The first-order valence-electron chi connectivity index (χ1n) is 6.45. The first-order valence-corrected chi connectivity index (χ1v) is 6.45. The van der Waals surface area contributed by atoms with Crippen LogP contribution in [0.1, 0.15) is 11.1 Å². The molecule has 1 aromatic heterocycles. The van der Waals surface area contributed by atoms with Gasteiger partial charge < -0.3 is 4.74 Å². The largest absolute Gasteiger partial charge is 0.489 e.